The van der Waals surface area contributed by atoms with E-state index in [0.717, 1.165) is 27.8 Å². The van der Waals surface area contributed by atoms with Crippen molar-refractivity contribution < 1.29 is 4.79 Å². The van der Waals surface area contributed by atoms with Crippen molar-refractivity contribution in [1.82, 2.24) is 20.0 Å². The summed E-state index contributed by atoms with van der Waals surface area (Å²) in [6.45, 7) is 5.27. The van der Waals surface area contributed by atoms with Crippen LogP contribution in [0, 0.1) is 0 Å². The summed E-state index contributed by atoms with van der Waals surface area (Å²) >= 11 is 1.53. The summed E-state index contributed by atoms with van der Waals surface area (Å²) in [5, 5.41) is 8.97. The highest BCUT2D eigenvalue weighted by molar-refractivity contribution is 7.22. The zero-order valence-electron chi connectivity index (χ0n) is 14.0. The minimum absolute atomic E-state index is 0.0745. The highest BCUT2D eigenvalue weighted by Crippen LogP contribution is 2.29. The first-order chi connectivity index (χ1) is 12.2. The maximum atomic E-state index is 13.0. The third-order valence-corrected chi connectivity index (χ3v) is 5.19. The molecule has 0 saturated carbocycles. The Kier molecular flexibility index (Phi) is 3.93. The van der Waals surface area contributed by atoms with Crippen molar-refractivity contribution in [3.05, 3.63) is 48.0 Å². The van der Waals surface area contributed by atoms with Gasteiger partial charge in [-0.25, -0.2) is 9.67 Å². The number of rotatable bonds is 4. The lowest BCUT2D eigenvalue weighted by atomic mass is 10.1. The van der Waals surface area contributed by atoms with Crippen LogP contribution in [0.25, 0.3) is 21.3 Å². The van der Waals surface area contributed by atoms with Gasteiger partial charge < -0.3 is 0 Å². The summed E-state index contributed by atoms with van der Waals surface area (Å²) in [6.07, 6.45) is 0. The van der Waals surface area contributed by atoms with Crippen molar-refractivity contribution >= 4 is 43.6 Å². The lowest BCUT2D eigenvalue weighted by Crippen LogP contribution is -2.30. The topological polar surface area (TPSA) is 63.9 Å². The monoisotopic (exact) mass is 351 g/mol. The summed E-state index contributed by atoms with van der Waals surface area (Å²) in [6, 6.07) is 13.4. The molecule has 0 bridgehead atoms. The Morgan fingerprint density at radius 3 is 2.76 bits per heavy atom. The Balaban J connectivity index is 1.72. The predicted molar refractivity (Wildman–Crippen MR) is 100 cm³/mol. The van der Waals surface area contributed by atoms with Gasteiger partial charge in [-0.15, -0.1) is 5.10 Å². The number of benzene rings is 2. The Hall–Kier alpha value is -2.80. The van der Waals surface area contributed by atoms with Crippen molar-refractivity contribution in [3.8, 4) is 0 Å². The molecule has 25 heavy (non-hydrogen) atoms. The quantitative estimate of drug-likeness (QED) is 0.562. The van der Waals surface area contributed by atoms with Crippen molar-refractivity contribution in [2.24, 2.45) is 0 Å². The molecule has 4 rings (SSSR count). The second-order valence-corrected chi connectivity index (χ2v) is 6.63. The minimum atomic E-state index is -0.0745. The van der Waals surface area contributed by atoms with Crippen LogP contribution in [0.15, 0.2) is 42.5 Å². The van der Waals surface area contributed by atoms with Gasteiger partial charge >= 0.3 is 0 Å². The summed E-state index contributed by atoms with van der Waals surface area (Å²) < 4.78 is 2.89. The average Bonchev–Trinajstić information content (AvgIpc) is 3.25. The smallest absolute Gasteiger partial charge is 0.260 e. The van der Waals surface area contributed by atoms with E-state index in [1.165, 1.54) is 11.3 Å². The Morgan fingerprint density at radius 1 is 1.16 bits per heavy atom. The Morgan fingerprint density at radius 2 is 2.00 bits per heavy atom. The van der Waals surface area contributed by atoms with Crippen molar-refractivity contribution in [2.75, 3.05) is 11.4 Å². The van der Waals surface area contributed by atoms with Gasteiger partial charge in [-0.05, 0) is 44.2 Å². The molecule has 0 aliphatic rings. The second-order valence-electron chi connectivity index (χ2n) is 5.62. The molecule has 0 spiro atoms. The molecule has 126 valence electrons. The van der Waals surface area contributed by atoms with Crippen LogP contribution in [-0.4, -0.2) is 32.4 Å². The number of hydrogen-bond donors (Lipinski definition) is 0. The first kappa shape index (κ1) is 15.7. The molecule has 2 aromatic carbocycles. The van der Waals surface area contributed by atoms with E-state index in [2.05, 4.69) is 15.3 Å². The van der Waals surface area contributed by atoms with E-state index in [9.17, 15) is 4.79 Å². The van der Waals surface area contributed by atoms with Crippen molar-refractivity contribution in [1.29, 1.82) is 0 Å². The van der Waals surface area contributed by atoms with E-state index in [0.29, 0.717) is 17.2 Å². The Labute approximate surface area is 148 Å². The number of anilines is 1. The van der Waals surface area contributed by atoms with E-state index in [1.807, 2.05) is 54.9 Å². The number of para-hydroxylation sites is 1. The van der Waals surface area contributed by atoms with Gasteiger partial charge in [0.2, 0.25) is 0 Å². The van der Waals surface area contributed by atoms with Gasteiger partial charge in [0.25, 0.3) is 5.91 Å². The third kappa shape index (κ3) is 2.66. The van der Waals surface area contributed by atoms with Crippen LogP contribution in [0.4, 0.5) is 5.13 Å². The molecule has 0 atom stereocenters. The van der Waals surface area contributed by atoms with E-state index in [1.54, 1.807) is 11.0 Å². The van der Waals surface area contributed by atoms with E-state index >= 15 is 0 Å². The number of thiazole rings is 1. The molecule has 7 heteroatoms. The minimum Gasteiger partial charge on any atom is -0.284 e. The standard InChI is InChI=1S/C18H17N5OS/c1-3-22(18-19-13-7-5-6-8-16(13)25-18)17(24)12-9-10-15-14(11-12)20-21-23(15)4-2/h5-11H,3-4H2,1-2H3. The number of nitrogens with zero attached hydrogens (tertiary/aromatic N) is 5. The molecule has 6 nitrogen and oxygen atoms in total. The normalized spacial score (nSPS) is 11.3. The van der Waals surface area contributed by atoms with Gasteiger partial charge in [0.1, 0.15) is 5.52 Å². The first-order valence-corrected chi connectivity index (χ1v) is 9.03. The fraction of sp³-hybridized carbons (Fsp3) is 0.222. The maximum Gasteiger partial charge on any atom is 0.260 e. The number of carbonyl (C=O) groups excluding carboxylic acids is 1. The number of amides is 1. The van der Waals surface area contributed by atoms with Gasteiger partial charge in [0, 0.05) is 18.7 Å². The third-order valence-electron chi connectivity index (χ3n) is 4.14. The van der Waals surface area contributed by atoms with E-state index < -0.39 is 0 Å². The van der Waals surface area contributed by atoms with Crippen LogP contribution in [0.2, 0.25) is 0 Å². The second kappa shape index (κ2) is 6.25. The average molecular weight is 351 g/mol. The molecule has 1 amide bonds. The predicted octanol–water partition coefficient (Wildman–Crippen LogP) is 3.73. The molecule has 0 saturated heterocycles. The lowest BCUT2D eigenvalue weighted by molar-refractivity contribution is 0.0988. The summed E-state index contributed by atoms with van der Waals surface area (Å²) in [4.78, 5) is 19.3. The SMILES string of the molecule is CCN(C(=O)c1ccc2c(c1)nnn2CC)c1nc2ccccc2s1. The zero-order chi connectivity index (χ0) is 17.4. The van der Waals surface area contributed by atoms with Crippen molar-refractivity contribution in [3.63, 3.8) is 0 Å². The van der Waals surface area contributed by atoms with Gasteiger partial charge in [-0.3, -0.25) is 9.69 Å². The molecule has 2 heterocycles. The highest BCUT2D eigenvalue weighted by Gasteiger charge is 2.20. The van der Waals surface area contributed by atoms with Gasteiger partial charge in [0.15, 0.2) is 5.13 Å². The molecule has 0 aliphatic carbocycles. The van der Waals surface area contributed by atoms with E-state index in [-0.39, 0.29) is 5.91 Å². The number of fused-ring (bicyclic) bond motifs is 2. The zero-order valence-corrected chi connectivity index (χ0v) is 14.8. The van der Waals surface area contributed by atoms with Gasteiger partial charge in [0.05, 0.1) is 15.7 Å². The fourth-order valence-electron chi connectivity index (χ4n) is 2.84. The number of aromatic nitrogens is 4. The molecule has 2 aromatic heterocycles. The van der Waals surface area contributed by atoms with Crippen LogP contribution in [0.3, 0.4) is 0 Å². The molecular weight excluding hydrogens is 334 g/mol. The maximum absolute atomic E-state index is 13.0. The number of aryl methyl sites for hydroxylation is 1. The highest BCUT2D eigenvalue weighted by atomic mass is 32.1. The van der Waals surface area contributed by atoms with E-state index in [4.69, 9.17) is 0 Å². The van der Waals surface area contributed by atoms with Crippen LogP contribution in [-0.2, 0) is 6.54 Å². The summed E-state index contributed by atoms with van der Waals surface area (Å²) in [5.74, 6) is -0.0745. The molecular formula is C18H17N5OS. The number of carbonyl (C=O) groups is 1. The fourth-order valence-corrected chi connectivity index (χ4v) is 3.86. The molecule has 0 fully saturated rings. The first-order valence-electron chi connectivity index (χ1n) is 8.22. The van der Waals surface area contributed by atoms with Crippen LogP contribution >= 0.6 is 11.3 Å². The summed E-state index contributed by atoms with van der Waals surface area (Å²) in [7, 11) is 0. The van der Waals surface area contributed by atoms with Crippen LogP contribution in [0.1, 0.15) is 24.2 Å². The number of hydrogen-bond acceptors (Lipinski definition) is 5. The van der Waals surface area contributed by atoms with Crippen LogP contribution < -0.4 is 4.90 Å². The Bertz CT molecular complexity index is 1030. The largest absolute Gasteiger partial charge is 0.284 e. The molecule has 0 radical (unpaired) electrons. The summed E-state index contributed by atoms with van der Waals surface area (Å²) in [5.41, 5.74) is 3.17. The van der Waals surface area contributed by atoms with Crippen molar-refractivity contribution in [2.45, 2.75) is 20.4 Å². The molecule has 0 N–H and O–H groups in total. The van der Waals surface area contributed by atoms with Gasteiger partial charge in [-0.1, -0.05) is 28.7 Å². The molecule has 4 aromatic rings. The lowest BCUT2D eigenvalue weighted by Gasteiger charge is -2.17. The van der Waals surface area contributed by atoms with Crippen LogP contribution in [0.5, 0.6) is 0 Å². The van der Waals surface area contributed by atoms with Gasteiger partial charge in [-0.2, -0.15) is 0 Å². The molecule has 0 aliphatic heterocycles. The molecule has 0 unspecified atom stereocenters.